The molecule has 4 heteroatoms. The van der Waals surface area contributed by atoms with Gasteiger partial charge in [-0.25, -0.2) is 0 Å². The van der Waals surface area contributed by atoms with Crippen molar-refractivity contribution in [2.75, 3.05) is 0 Å². The number of hydrogen-bond donors (Lipinski definition) is 1. The maximum absolute atomic E-state index is 10.1. The van der Waals surface area contributed by atoms with E-state index in [4.69, 9.17) is 5.73 Å². The summed E-state index contributed by atoms with van der Waals surface area (Å²) in [6, 6.07) is 0. The van der Waals surface area contributed by atoms with Gasteiger partial charge in [0.1, 0.15) is 0 Å². The Morgan fingerprint density at radius 3 is 0.750 bits per heavy atom. The third-order valence-corrected chi connectivity index (χ3v) is 3.10. The molecule has 0 amide bonds. The summed E-state index contributed by atoms with van der Waals surface area (Å²) < 4.78 is 0. The lowest BCUT2D eigenvalue weighted by molar-refractivity contribution is -0.402. The van der Waals surface area contributed by atoms with Crippen LogP contribution in [-0.2, 0) is 0 Å². The first kappa shape index (κ1) is 27.6. The fourth-order valence-electron chi connectivity index (χ4n) is 1.72. The second-order valence-electron chi connectivity index (χ2n) is 5.63. The van der Waals surface area contributed by atoms with Crippen LogP contribution in [0.4, 0.5) is 0 Å². The van der Waals surface area contributed by atoms with Gasteiger partial charge in [-0.3, -0.25) is 10.1 Å². The minimum absolute atomic E-state index is 0.502. The van der Waals surface area contributed by atoms with Crippen molar-refractivity contribution in [3.63, 3.8) is 0 Å². The van der Waals surface area contributed by atoms with Gasteiger partial charge in [0.25, 0.3) is 0 Å². The van der Waals surface area contributed by atoms with Gasteiger partial charge in [-0.2, -0.15) is 0 Å². The molecule has 0 saturated carbocycles. The third kappa shape index (κ3) is 25.6. The number of nitro groups is 1. The van der Waals surface area contributed by atoms with Gasteiger partial charge in [0, 0.05) is 6.08 Å². The van der Waals surface area contributed by atoms with E-state index in [0.29, 0.717) is 0 Å². The van der Waals surface area contributed by atoms with Gasteiger partial charge in [-0.1, -0.05) is 146 Å². The fraction of sp³-hybridized carbons (Fsp3) is 0. The lowest BCUT2D eigenvalue weighted by atomic mass is 10.3. The predicted molar refractivity (Wildman–Crippen MR) is 139 cm³/mol. The number of nitrogens with zero attached hydrogens (tertiary/aromatic N) is 1. The highest BCUT2D eigenvalue weighted by Gasteiger charge is 1.77. The first-order valence-corrected chi connectivity index (χ1v) is 9.96. The van der Waals surface area contributed by atoms with Gasteiger partial charge < -0.3 is 5.73 Å². The fourth-order valence-corrected chi connectivity index (χ4v) is 1.72. The number of hydrogen-bond acceptors (Lipinski definition) is 3. The smallest absolute Gasteiger partial charge is 0.234 e. The van der Waals surface area contributed by atoms with Crippen molar-refractivity contribution in [1.29, 1.82) is 0 Å². The van der Waals surface area contributed by atoms with Crippen molar-refractivity contribution in [3.8, 4) is 0 Å². The van der Waals surface area contributed by atoms with Crippen LogP contribution in [0.25, 0.3) is 0 Å². The molecule has 0 rings (SSSR count). The average Bonchev–Trinajstić information content (AvgIpc) is 2.78. The summed E-state index contributed by atoms with van der Waals surface area (Å²) in [5.74, 6) is 0. The van der Waals surface area contributed by atoms with Crippen molar-refractivity contribution < 1.29 is 4.92 Å². The second kappa shape index (κ2) is 24.6. The van der Waals surface area contributed by atoms with Gasteiger partial charge in [-0.05, 0) is 12.3 Å². The monoisotopic (exact) mass is 426 g/mol. The van der Waals surface area contributed by atoms with Crippen LogP contribution in [0, 0.1) is 10.1 Å². The molecule has 0 spiro atoms. The third-order valence-electron chi connectivity index (χ3n) is 3.10. The van der Waals surface area contributed by atoms with Crippen LogP contribution >= 0.6 is 0 Å². The van der Waals surface area contributed by atoms with Crippen LogP contribution in [0.5, 0.6) is 0 Å². The van der Waals surface area contributed by atoms with E-state index in [1.54, 1.807) is 24.3 Å². The van der Waals surface area contributed by atoms with Crippen molar-refractivity contribution in [2.24, 2.45) is 5.73 Å². The Bertz CT molecular complexity index is 911. The van der Waals surface area contributed by atoms with E-state index >= 15 is 0 Å². The highest BCUT2D eigenvalue weighted by atomic mass is 16.6. The van der Waals surface area contributed by atoms with Crippen LogP contribution in [0.3, 0.4) is 0 Å². The number of rotatable bonds is 14. The SMILES string of the molecule is N/C=C/C=C/C=C/C=C/C=C/C=C/C=C/C=C/C=C/C=C/C=C/C=C/C=C/C=C/[N+](=O)[O-]. The van der Waals surface area contributed by atoms with Crippen LogP contribution in [0.1, 0.15) is 0 Å². The summed E-state index contributed by atoms with van der Waals surface area (Å²) in [5, 5.41) is 10.1. The zero-order chi connectivity index (χ0) is 23.4. The van der Waals surface area contributed by atoms with Crippen LogP contribution in [-0.4, -0.2) is 4.92 Å². The van der Waals surface area contributed by atoms with Crippen molar-refractivity contribution in [2.45, 2.75) is 0 Å². The standard InChI is InChI=1S/C28H30N2O2/c29-27-25-23-21-19-17-15-13-11-9-7-5-3-1-2-4-6-8-10-12-14-16-18-20-22-24-26-28-30(31)32/h1-28H,29H2/b3-1+,4-2+,7-5+,8-6+,11-9+,12-10+,15-13+,16-14+,19-17+,20-18+,23-21+,24-22+,27-25+,28-26+. The Morgan fingerprint density at radius 2 is 0.562 bits per heavy atom. The number of allylic oxidation sites excluding steroid dienone is 26. The summed E-state index contributed by atoms with van der Waals surface area (Å²) >= 11 is 0. The molecule has 0 aromatic carbocycles. The van der Waals surface area contributed by atoms with Gasteiger partial charge >= 0.3 is 0 Å². The number of nitrogens with two attached hydrogens (primary N) is 1. The Morgan fingerprint density at radius 1 is 0.375 bits per heavy atom. The first-order chi connectivity index (χ1) is 15.8. The van der Waals surface area contributed by atoms with E-state index < -0.39 is 4.92 Å². The van der Waals surface area contributed by atoms with Crippen molar-refractivity contribution in [3.05, 3.63) is 180 Å². The predicted octanol–water partition coefficient (Wildman–Crippen LogP) is 6.92. The summed E-state index contributed by atoms with van der Waals surface area (Å²) in [6.07, 6.45) is 51.2. The van der Waals surface area contributed by atoms with Crippen molar-refractivity contribution in [1.82, 2.24) is 0 Å². The van der Waals surface area contributed by atoms with Crippen LogP contribution in [0.15, 0.2) is 170 Å². The molecule has 0 heterocycles. The molecule has 0 radical (unpaired) electrons. The molecule has 0 saturated heterocycles. The van der Waals surface area contributed by atoms with E-state index in [0.717, 1.165) is 6.20 Å². The van der Waals surface area contributed by atoms with Crippen molar-refractivity contribution >= 4 is 0 Å². The zero-order valence-electron chi connectivity index (χ0n) is 18.0. The molecule has 0 aromatic rings. The molecule has 4 nitrogen and oxygen atoms in total. The molecule has 0 fully saturated rings. The minimum Gasteiger partial charge on any atom is -0.405 e. The van der Waals surface area contributed by atoms with Gasteiger partial charge in [0.2, 0.25) is 6.20 Å². The Hall–Kier alpha value is -4.44. The maximum atomic E-state index is 10.1. The van der Waals surface area contributed by atoms with Crippen LogP contribution < -0.4 is 5.73 Å². The molecule has 0 aromatic heterocycles. The summed E-state index contributed by atoms with van der Waals surface area (Å²) in [5.41, 5.74) is 5.22. The molecule has 0 aliphatic rings. The Balaban J connectivity index is 3.99. The quantitative estimate of drug-likeness (QED) is 0.186. The molecule has 0 unspecified atom stereocenters. The summed E-state index contributed by atoms with van der Waals surface area (Å²) in [6.45, 7) is 0. The summed E-state index contributed by atoms with van der Waals surface area (Å²) in [7, 11) is 0. The largest absolute Gasteiger partial charge is 0.405 e. The zero-order valence-corrected chi connectivity index (χ0v) is 18.0. The van der Waals surface area contributed by atoms with Gasteiger partial charge in [0.05, 0.1) is 4.92 Å². The lowest BCUT2D eigenvalue weighted by Crippen LogP contribution is -1.80. The molecular formula is C28H30N2O2. The van der Waals surface area contributed by atoms with E-state index in [-0.39, 0.29) is 0 Å². The maximum Gasteiger partial charge on any atom is 0.234 e. The van der Waals surface area contributed by atoms with Crippen LogP contribution in [0.2, 0.25) is 0 Å². The Kier molecular flexibility index (Phi) is 21.2. The van der Waals surface area contributed by atoms with E-state index in [2.05, 4.69) is 0 Å². The average molecular weight is 427 g/mol. The first-order valence-electron chi connectivity index (χ1n) is 9.96. The van der Waals surface area contributed by atoms with E-state index in [9.17, 15) is 10.1 Å². The molecule has 2 N–H and O–H groups in total. The van der Waals surface area contributed by atoms with E-state index in [1.807, 2.05) is 128 Å². The molecule has 0 aliphatic carbocycles. The molecule has 164 valence electrons. The molecular weight excluding hydrogens is 396 g/mol. The topological polar surface area (TPSA) is 69.2 Å². The molecule has 0 bridgehead atoms. The summed E-state index contributed by atoms with van der Waals surface area (Å²) in [4.78, 5) is 9.56. The highest BCUT2D eigenvalue weighted by Crippen LogP contribution is 1.88. The Labute approximate surface area is 191 Å². The second-order valence-corrected chi connectivity index (χ2v) is 5.63. The van der Waals surface area contributed by atoms with Gasteiger partial charge in [0.15, 0.2) is 0 Å². The molecule has 32 heavy (non-hydrogen) atoms. The van der Waals surface area contributed by atoms with Gasteiger partial charge in [-0.15, -0.1) is 0 Å². The molecule has 0 aliphatic heterocycles. The minimum atomic E-state index is -0.502. The highest BCUT2D eigenvalue weighted by molar-refractivity contribution is 5.23. The van der Waals surface area contributed by atoms with E-state index in [1.165, 1.54) is 12.3 Å². The lowest BCUT2D eigenvalue weighted by Gasteiger charge is -1.76. The normalized spacial score (nSPS) is 14.8. The molecule has 0 atom stereocenters.